The Bertz CT molecular complexity index is 1500. The molecular formula is C30H34F2N8O3. The summed E-state index contributed by atoms with van der Waals surface area (Å²) in [7, 11) is 1.60. The Labute approximate surface area is 248 Å². The summed E-state index contributed by atoms with van der Waals surface area (Å²) in [6, 6.07) is 13.3. The van der Waals surface area contributed by atoms with Crippen molar-refractivity contribution in [1.29, 1.82) is 5.26 Å². The fourth-order valence-corrected chi connectivity index (χ4v) is 5.73. The smallest absolute Gasteiger partial charge is 0.296 e. The van der Waals surface area contributed by atoms with Crippen LogP contribution >= 0.6 is 0 Å². The van der Waals surface area contributed by atoms with Crippen molar-refractivity contribution in [1.82, 2.24) is 25.2 Å². The van der Waals surface area contributed by atoms with Crippen molar-refractivity contribution in [2.45, 2.75) is 37.5 Å². The van der Waals surface area contributed by atoms with Gasteiger partial charge in [-0.3, -0.25) is 4.90 Å². The highest BCUT2D eigenvalue weighted by Gasteiger charge is 2.43. The number of piperidine rings is 1. The molecule has 3 fully saturated rings. The SMILES string of the molecule is COc1nc(Nc2nccc(-c3ccc(OC4CCNCC4(F)F)c(C#N)c3)n2)ccc1N1CCN(C2COC2)[C@H](C)C1. The highest BCUT2D eigenvalue weighted by Crippen LogP contribution is 2.33. The van der Waals surface area contributed by atoms with Gasteiger partial charge >= 0.3 is 0 Å². The number of methoxy groups -OCH3 is 1. The monoisotopic (exact) mass is 592 g/mol. The molecular weight excluding hydrogens is 558 g/mol. The molecule has 11 nitrogen and oxygen atoms in total. The fraction of sp³-hybridized carbons (Fsp3) is 0.467. The van der Waals surface area contributed by atoms with Gasteiger partial charge in [0.05, 0.1) is 44.2 Å². The van der Waals surface area contributed by atoms with Crippen LogP contribution in [0.1, 0.15) is 18.9 Å². The first-order valence-corrected chi connectivity index (χ1v) is 14.4. The number of hydrogen-bond acceptors (Lipinski definition) is 11. The summed E-state index contributed by atoms with van der Waals surface area (Å²) in [6.07, 6.45) is 0.441. The molecule has 2 atom stereocenters. The van der Waals surface area contributed by atoms with Crippen LogP contribution in [0.15, 0.2) is 42.6 Å². The van der Waals surface area contributed by atoms with Gasteiger partial charge in [-0.2, -0.15) is 10.2 Å². The molecule has 13 heteroatoms. The molecule has 1 aromatic carbocycles. The molecule has 0 bridgehead atoms. The Hall–Kier alpha value is -4.12. The van der Waals surface area contributed by atoms with Crippen LogP contribution in [0.4, 0.5) is 26.2 Å². The van der Waals surface area contributed by atoms with Gasteiger partial charge in [-0.05, 0) is 49.9 Å². The van der Waals surface area contributed by atoms with E-state index in [1.54, 1.807) is 31.5 Å². The fourth-order valence-electron chi connectivity index (χ4n) is 5.73. The Morgan fingerprint density at radius 1 is 1.16 bits per heavy atom. The molecule has 2 N–H and O–H groups in total. The average Bonchev–Trinajstić information content (AvgIpc) is 2.98. The molecule has 2 aromatic heterocycles. The average molecular weight is 593 g/mol. The number of ether oxygens (including phenoxy) is 3. The zero-order valence-electron chi connectivity index (χ0n) is 24.1. The number of piperazine rings is 1. The first-order chi connectivity index (χ1) is 20.8. The van der Waals surface area contributed by atoms with Gasteiger partial charge in [0.1, 0.15) is 23.3 Å². The van der Waals surface area contributed by atoms with E-state index < -0.39 is 18.6 Å². The maximum atomic E-state index is 14.3. The third-order valence-corrected chi connectivity index (χ3v) is 8.12. The van der Waals surface area contributed by atoms with Crippen molar-refractivity contribution >= 4 is 17.5 Å². The minimum Gasteiger partial charge on any atom is -0.483 e. The number of rotatable bonds is 8. The second kappa shape index (κ2) is 12.2. The molecule has 0 aliphatic carbocycles. The lowest BCUT2D eigenvalue weighted by molar-refractivity contribution is -0.109. The maximum Gasteiger partial charge on any atom is 0.296 e. The first kappa shape index (κ1) is 29.0. The van der Waals surface area contributed by atoms with E-state index in [9.17, 15) is 14.0 Å². The van der Waals surface area contributed by atoms with Crippen LogP contribution < -0.4 is 25.0 Å². The number of anilines is 3. The molecule has 3 saturated heterocycles. The van der Waals surface area contributed by atoms with Gasteiger partial charge < -0.3 is 29.7 Å². The van der Waals surface area contributed by atoms with Crippen molar-refractivity contribution in [3.63, 3.8) is 0 Å². The molecule has 3 aliphatic rings. The predicted octanol–water partition coefficient (Wildman–Crippen LogP) is 3.45. The lowest BCUT2D eigenvalue weighted by atomic mass is 10.0. The Morgan fingerprint density at radius 2 is 2.02 bits per heavy atom. The van der Waals surface area contributed by atoms with Crippen molar-refractivity contribution in [2.75, 3.05) is 63.3 Å². The van der Waals surface area contributed by atoms with Crippen LogP contribution in [0.5, 0.6) is 11.6 Å². The molecule has 0 amide bonds. The summed E-state index contributed by atoms with van der Waals surface area (Å²) in [4.78, 5) is 18.4. The van der Waals surface area contributed by atoms with E-state index in [4.69, 9.17) is 14.2 Å². The number of nitrogens with one attached hydrogen (secondary N) is 2. The van der Waals surface area contributed by atoms with Crippen LogP contribution in [0.25, 0.3) is 11.3 Å². The highest BCUT2D eigenvalue weighted by atomic mass is 19.3. The second-order valence-corrected chi connectivity index (χ2v) is 11.0. The largest absolute Gasteiger partial charge is 0.483 e. The van der Waals surface area contributed by atoms with Crippen LogP contribution in [0.2, 0.25) is 0 Å². The lowest BCUT2D eigenvalue weighted by Gasteiger charge is -2.47. The maximum absolute atomic E-state index is 14.3. The number of nitriles is 1. The molecule has 43 heavy (non-hydrogen) atoms. The van der Waals surface area contributed by atoms with Crippen LogP contribution in [0.3, 0.4) is 0 Å². The summed E-state index contributed by atoms with van der Waals surface area (Å²) < 4.78 is 45.2. The van der Waals surface area contributed by atoms with E-state index in [0.717, 1.165) is 38.5 Å². The van der Waals surface area contributed by atoms with Gasteiger partial charge in [0.15, 0.2) is 6.10 Å². The van der Waals surface area contributed by atoms with Crippen LogP contribution in [-0.4, -0.2) is 97.0 Å². The second-order valence-electron chi connectivity index (χ2n) is 11.0. The number of pyridine rings is 1. The number of alkyl halides is 2. The van der Waals surface area contributed by atoms with Gasteiger partial charge in [-0.1, -0.05) is 0 Å². The number of halogens is 2. The van der Waals surface area contributed by atoms with E-state index in [1.165, 1.54) is 6.07 Å². The Kier molecular flexibility index (Phi) is 8.25. The summed E-state index contributed by atoms with van der Waals surface area (Å²) in [6.45, 7) is 6.49. The molecule has 1 unspecified atom stereocenters. The standard InChI is InChI=1S/C30H34F2N8O3/c1-19-15-39(11-12-40(19)22-16-42-17-22)24-4-6-27(37-28(24)41-2)38-29-35-10-7-23(36-29)20-3-5-25(21(13-20)14-33)43-26-8-9-34-18-30(26,31)32/h3-7,10,13,19,22,26,34H,8-9,11-12,15-18H2,1-2H3,(H,35,36,37,38)/t19-,26?/m1/s1. The quantitative estimate of drug-likeness (QED) is 0.400. The van der Waals surface area contributed by atoms with Crippen LogP contribution in [0, 0.1) is 11.3 Å². The molecule has 3 aliphatic heterocycles. The highest BCUT2D eigenvalue weighted by molar-refractivity contribution is 5.66. The third kappa shape index (κ3) is 6.17. The van der Waals surface area contributed by atoms with E-state index in [1.807, 2.05) is 12.1 Å². The van der Waals surface area contributed by atoms with Crippen molar-refractivity contribution in [3.8, 4) is 29.0 Å². The molecule has 0 spiro atoms. The molecule has 226 valence electrons. The normalized spacial score (nSPS) is 22.3. The third-order valence-electron chi connectivity index (χ3n) is 8.12. The van der Waals surface area contributed by atoms with Gasteiger partial charge in [0.2, 0.25) is 11.8 Å². The Morgan fingerprint density at radius 3 is 2.74 bits per heavy atom. The summed E-state index contributed by atoms with van der Waals surface area (Å²) in [5.41, 5.74) is 2.24. The molecule has 5 heterocycles. The van der Waals surface area contributed by atoms with Gasteiger partial charge in [0, 0.05) is 43.9 Å². The van der Waals surface area contributed by atoms with E-state index >= 15 is 0 Å². The zero-order valence-corrected chi connectivity index (χ0v) is 24.1. The minimum absolute atomic E-state index is 0.120. The summed E-state index contributed by atoms with van der Waals surface area (Å²) >= 11 is 0. The molecule has 0 radical (unpaired) electrons. The first-order valence-electron chi connectivity index (χ1n) is 14.4. The molecule has 3 aromatic rings. The molecule has 6 rings (SSSR count). The number of nitrogens with zero attached hydrogens (tertiary/aromatic N) is 6. The lowest BCUT2D eigenvalue weighted by Crippen LogP contribution is -2.60. The number of aromatic nitrogens is 3. The van der Waals surface area contributed by atoms with E-state index in [0.29, 0.717) is 47.5 Å². The van der Waals surface area contributed by atoms with Crippen molar-refractivity contribution in [3.05, 3.63) is 48.2 Å². The van der Waals surface area contributed by atoms with Crippen molar-refractivity contribution in [2.24, 2.45) is 0 Å². The number of hydrogen-bond donors (Lipinski definition) is 2. The van der Waals surface area contributed by atoms with E-state index in [-0.39, 0.29) is 17.7 Å². The zero-order chi connectivity index (χ0) is 30.0. The van der Waals surface area contributed by atoms with Gasteiger partial charge in [-0.15, -0.1) is 0 Å². The van der Waals surface area contributed by atoms with Gasteiger partial charge in [-0.25, -0.2) is 18.7 Å². The van der Waals surface area contributed by atoms with Gasteiger partial charge in [0.25, 0.3) is 5.92 Å². The Balaban J connectivity index is 1.16. The summed E-state index contributed by atoms with van der Waals surface area (Å²) in [5, 5.41) is 15.5. The van der Waals surface area contributed by atoms with Crippen LogP contribution in [-0.2, 0) is 4.74 Å². The summed E-state index contributed by atoms with van der Waals surface area (Å²) in [5.74, 6) is -1.58. The molecule has 0 saturated carbocycles. The van der Waals surface area contributed by atoms with Crippen molar-refractivity contribution < 1.29 is 23.0 Å². The van der Waals surface area contributed by atoms with E-state index in [2.05, 4.69) is 48.4 Å². The number of benzene rings is 1. The topological polar surface area (TPSA) is 121 Å². The minimum atomic E-state index is -3.02. The predicted molar refractivity (Wildman–Crippen MR) is 156 cm³/mol.